The molecule has 0 amide bonds. The summed E-state index contributed by atoms with van der Waals surface area (Å²) in [5, 5.41) is 9.98. The Bertz CT molecular complexity index is 1360. The second-order valence-corrected chi connectivity index (χ2v) is 14.2. The van der Waals surface area contributed by atoms with Gasteiger partial charge in [-0.3, -0.25) is 0 Å². The number of hydrogen-bond acceptors (Lipinski definition) is 4. The van der Waals surface area contributed by atoms with Crippen LogP contribution in [-0.4, -0.2) is 55.2 Å². The van der Waals surface area contributed by atoms with Crippen LogP contribution in [-0.2, 0) is 16.3 Å². The first kappa shape index (κ1) is 33.4. The molecule has 0 bridgehead atoms. The van der Waals surface area contributed by atoms with Crippen LogP contribution in [0.2, 0.25) is 0 Å². The molecule has 1 heterocycles. The Morgan fingerprint density at radius 2 is 1.65 bits per heavy atom. The van der Waals surface area contributed by atoms with Crippen LogP contribution in [0.1, 0.15) is 93.7 Å². The lowest BCUT2D eigenvalue weighted by Gasteiger charge is -2.24. The van der Waals surface area contributed by atoms with Crippen molar-refractivity contribution in [1.82, 2.24) is 4.90 Å². The van der Waals surface area contributed by atoms with E-state index in [9.17, 15) is 35.5 Å². The summed E-state index contributed by atoms with van der Waals surface area (Å²) < 4.78 is 89.8. The van der Waals surface area contributed by atoms with E-state index >= 15 is 0 Å². The molecule has 4 nitrogen and oxygen atoms in total. The molecule has 1 saturated heterocycles. The van der Waals surface area contributed by atoms with Crippen LogP contribution in [0.25, 0.3) is 11.1 Å². The highest BCUT2D eigenvalue weighted by atomic mass is 32.2. The van der Waals surface area contributed by atoms with Crippen molar-refractivity contribution in [2.24, 2.45) is 0 Å². The number of hydrogen-bond donors (Lipinski definition) is 1. The number of benzene rings is 2. The average Bonchev–Trinajstić information content (AvgIpc) is 3.32. The van der Waals surface area contributed by atoms with Crippen LogP contribution >= 0.6 is 0 Å². The van der Waals surface area contributed by atoms with Gasteiger partial charge < -0.3 is 10.0 Å². The average molecular weight is 628 g/mol. The second kappa shape index (κ2) is 15.0. The smallest absolute Gasteiger partial charge is 0.389 e. The van der Waals surface area contributed by atoms with Crippen LogP contribution in [0.3, 0.4) is 0 Å². The Morgan fingerprint density at radius 1 is 0.907 bits per heavy atom. The molecule has 1 atom stereocenters. The number of fused-ring (bicyclic) bond motifs is 1. The number of likely N-dealkylation sites (tertiary alicyclic amines) is 1. The van der Waals surface area contributed by atoms with Gasteiger partial charge in [0.15, 0.2) is 11.6 Å². The number of nitrogens with zero attached hydrogens (tertiary/aromatic N) is 1. The quantitative estimate of drug-likeness (QED) is 0.169. The predicted octanol–water partition coefficient (Wildman–Crippen LogP) is 8.48. The number of halogens is 5. The third-order valence-electron chi connectivity index (χ3n) is 8.73. The summed E-state index contributed by atoms with van der Waals surface area (Å²) in [4.78, 5) is 2.32. The number of rotatable bonds is 14. The monoisotopic (exact) mass is 627 g/mol. The van der Waals surface area contributed by atoms with E-state index in [-0.39, 0.29) is 29.8 Å². The maximum absolute atomic E-state index is 14.5. The molecule has 0 unspecified atom stereocenters. The van der Waals surface area contributed by atoms with Gasteiger partial charge in [-0.1, -0.05) is 25.0 Å². The zero-order valence-electron chi connectivity index (χ0n) is 24.6. The number of aryl methyl sites for hydroxylation is 1. The van der Waals surface area contributed by atoms with Gasteiger partial charge >= 0.3 is 6.18 Å². The maximum atomic E-state index is 14.5. The summed E-state index contributed by atoms with van der Waals surface area (Å²) in [7, 11) is -3.50. The fraction of sp³-hybridized carbons (Fsp3) is 0.576. The van der Waals surface area contributed by atoms with Crippen molar-refractivity contribution in [2.45, 2.75) is 95.7 Å². The standard InChI is InChI=1S/C33H42F5NO3S/c34-26-14-12-24(13-15-26)28-11-5-8-25-22-32(40)31(35)23-30(25)29(28)10-3-1-2-4-18-39-19-6-9-27(39)16-21-43(41,42)20-7-17-33(36,37)38/h12-15,22-23,27,40H,1-11,16-21H2/t27-/m1/s1. The van der Waals surface area contributed by atoms with E-state index in [2.05, 4.69) is 4.90 Å². The van der Waals surface area contributed by atoms with E-state index in [0.717, 1.165) is 105 Å². The molecule has 0 spiro atoms. The van der Waals surface area contributed by atoms with Gasteiger partial charge in [0, 0.05) is 12.5 Å². The molecule has 43 heavy (non-hydrogen) atoms. The minimum Gasteiger partial charge on any atom is -0.505 e. The molecular weight excluding hydrogens is 585 g/mol. The van der Waals surface area contributed by atoms with Crippen molar-refractivity contribution in [1.29, 1.82) is 0 Å². The molecule has 0 saturated carbocycles. The number of allylic oxidation sites excluding steroid dienone is 2. The van der Waals surface area contributed by atoms with Gasteiger partial charge in [0.05, 0.1) is 11.5 Å². The van der Waals surface area contributed by atoms with Gasteiger partial charge in [-0.2, -0.15) is 13.2 Å². The molecule has 238 valence electrons. The third-order valence-corrected chi connectivity index (χ3v) is 10.5. The zero-order valence-corrected chi connectivity index (χ0v) is 25.4. The molecule has 0 aromatic heterocycles. The third kappa shape index (κ3) is 10.0. The van der Waals surface area contributed by atoms with Crippen molar-refractivity contribution in [3.63, 3.8) is 0 Å². The number of aromatic hydroxyl groups is 1. The highest BCUT2D eigenvalue weighted by Gasteiger charge is 2.29. The van der Waals surface area contributed by atoms with Crippen molar-refractivity contribution in [3.8, 4) is 5.75 Å². The van der Waals surface area contributed by atoms with E-state index in [4.69, 9.17) is 0 Å². The van der Waals surface area contributed by atoms with Crippen LogP contribution < -0.4 is 0 Å². The molecule has 10 heteroatoms. The fourth-order valence-corrected chi connectivity index (χ4v) is 7.93. The summed E-state index contributed by atoms with van der Waals surface area (Å²) in [6, 6.07) is 9.53. The minimum atomic E-state index is -4.33. The van der Waals surface area contributed by atoms with Crippen LogP contribution in [0, 0.1) is 11.6 Å². The summed E-state index contributed by atoms with van der Waals surface area (Å²) in [6.45, 7) is 1.76. The SMILES string of the molecule is O=S(=O)(CCCC(F)(F)F)CC[C@H]1CCCN1CCCCCCC1=C(c2ccc(F)cc2)CCCc2cc(O)c(F)cc21. The van der Waals surface area contributed by atoms with Gasteiger partial charge in [-0.05, 0) is 129 Å². The normalized spacial score (nSPS) is 18.2. The lowest BCUT2D eigenvalue weighted by Crippen LogP contribution is -2.32. The van der Waals surface area contributed by atoms with Gasteiger partial charge in [0.2, 0.25) is 0 Å². The maximum Gasteiger partial charge on any atom is 0.389 e. The van der Waals surface area contributed by atoms with Gasteiger partial charge in [-0.25, -0.2) is 17.2 Å². The topological polar surface area (TPSA) is 57.6 Å². The Labute approximate surface area is 251 Å². The van der Waals surface area contributed by atoms with Crippen molar-refractivity contribution >= 4 is 21.0 Å². The summed E-state index contributed by atoms with van der Waals surface area (Å²) in [6.07, 6.45) is 3.45. The molecule has 1 aliphatic heterocycles. The molecule has 0 radical (unpaired) electrons. The van der Waals surface area contributed by atoms with Crippen molar-refractivity contribution in [2.75, 3.05) is 24.6 Å². The predicted molar refractivity (Wildman–Crippen MR) is 160 cm³/mol. The zero-order chi connectivity index (χ0) is 31.0. The van der Waals surface area contributed by atoms with E-state index in [1.165, 1.54) is 24.3 Å². The van der Waals surface area contributed by atoms with E-state index in [1.54, 1.807) is 12.1 Å². The Kier molecular flexibility index (Phi) is 11.7. The number of unbranched alkanes of at least 4 members (excludes halogenated alkanes) is 3. The van der Waals surface area contributed by atoms with Gasteiger partial charge in [-0.15, -0.1) is 0 Å². The Balaban J connectivity index is 1.29. The summed E-state index contributed by atoms with van der Waals surface area (Å²) in [5.41, 5.74) is 4.82. The van der Waals surface area contributed by atoms with Crippen molar-refractivity contribution in [3.05, 3.63) is 64.7 Å². The van der Waals surface area contributed by atoms with Crippen LogP contribution in [0.4, 0.5) is 22.0 Å². The fourth-order valence-electron chi connectivity index (χ4n) is 6.51. The number of phenolic OH excluding ortho intramolecular Hbond substituents is 1. The molecule has 2 aliphatic rings. The number of sulfone groups is 1. The first-order valence-corrected chi connectivity index (χ1v) is 17.2. The lowest BCUT2D eigenvalue weighted by molar-refractivity contribution is -0.134. The molecule has 4 rings (SSSR count). The molecule has 1 fully saturated rings. The largest absolute Gasteiger partial charge is 0.505 e. The second-order valence-electron chi connectivity index (χ2n) is 11.9. The first-order chi connectivity index (χ1) is 20.4. The van der Waals surface area contributed by atoms with E-state index < -0.39 is 34.0 Å². The number of alkyl halides is 3. The van der Waals surface area contributed by atoms with Gasteiger partial charge in [0.25, 0.3) is 0 Å². The summed E-state index contributed by atoms with van der Waals surface area (Å²) >= 11 is 0. The van der Waals surface area contributed by atoms with Gasteiger partial charge in [0.1, 0.15) is 15.7 Å². The highest BCUT2D eigenvalue weighted by Crippen LogP contribution is 2.40. The van der Waals surface area contributed by atoms with E-state index in [0.29, 0.717) is 6.42 Å². The number of phenols is 1. The minimum absolute atomic E-state index is 0.0721. The summed E-state index contributed by atoms with van der Waals surface area (Å²) in [5.74, 6) is -1.79. The molecule has 1 N–H and O–H groups in total. The Hall–Kier alpha value is -2.46. The molecule has 1 aliphatic carbocycles. The molecule has 2 aromatic rings. The highest BCUT2D eigenvalue weighted by molar-refractivity contribution is 7.91. The first-order valence-electron chi connectivity index (χ1n) is 15.4. The lowest BCUT2D eigenvalue weighted by atomic mass is 9.89. The van der Waals surface area contributed by atoms with Crippen LogP contribution in [0.5, 0.6) is 5.75 Å². The Morgan fingerprint density at radius 3 is 2.40 bits per heavy atom. The molecule has 2 aromatic carbocycles. The van der Waals surface area contributed by atoms with E-state index in [1.807, 2.05) is 0 Å². The van der Waals surface area contributed by atoms with Crippen LogP contribution in [0.15, 0.2) is 36.4 Å². The van der Waals surface area contributed by atoms with Crippen molar-refractivity contribution < 1.29 is 35.5 Å². The molecular formula is C33H42F5NO3S.